The van der Waals surface area contributed by atoms with Crippen LogP contribution < -0.4 is 0 Å². The van der Waals surface area contributed by atoms with Crippen LogP contribution in [0.25, 0.3) is 11.0 Å². The summed E-state index contributed by atoms with van der Waals surface area (Å²) in [6.45, 7) is 6.08. The maximum absolute atomic E-state index is 9.36. The fourth-order valence-corrected chi connectivity index (χ4v) is 2.05. The molecule has 17 heavy (non-hydrogen) atoms. The molecule has 88 valence electrons. The van der Waals surface area contributed by atoms with Crippen molar-refractivity contribution in [1.29, 1.82) is 5.26 Å². The molecule has 0 aliphatic heterocycles. The summed E-state index contributed by atoms with van der Waals surface area (Å²) in [7, 11) is 0. The molecule has 2 rings (SSSR count). The standard InChI is InChI=1S/C13H15N3O/c1-13(2,3)16-11-5-4-9(7-14)6-10(11)15-12(16)8-17/h4-6,17H,8H2,1-3H3. The third-order valence-corrected chi connectivity index (χ3v) is 2.67. The number of hydrogen-bond acceptors (Lipinski definition) is 3. The average molecular weight is 229 g/mol. The fraction of sp³-hybridized carbons (Fsp3) is 0.385. The molecule has 4 heteroatoms. The van der Waals surface area contributed by atoms with E-state index in [0.29, 0.717) is 11.4 Å². The van der Waals surface area contributed by atoms with Gasteiger partial charge in [-0.1, -0.05) is 0 Å². The van der Waals surface area contributed by atoms with Crippen LogP contribution in [0.5, 0.6) is 0 Å². The molecule has 0 fully saturated rings. The molecule has 0 amide bonds. The van der Waals surface area contributed by atoms with Crippen molar-refractivity contribution < 1.29 is 5.11 Å². The molecule has 0 aliphatic rings. The molecule has 0 radical (unpaired) electrons. The van der Waals surface area contributed by atoms with Crippen LogP contribution >= 0.6 is 0 Å². The van der Waals surface area contributed by atoms with Crippen LogP contribution in [0.15, 0.2) is 18.2 Å². The first-order chi connectivity index (χ1) is 7.97. The zero-order valence-electron chi connectivity index (χ0n) is 10.2. The van der Waals surface area contributed by atoms with Gasteiger partial charge in [-0.2, -0.15) is 5.26 Å². The molecule has 1 aromatic heterocycles. The van der Waals surface area contributed by atoms with E-state index >= 15 is 0 Å². The third kappa shape index (κ3) is 1.90. The molecule has 0 unspecified atom stereocenters. The summed E-state index contributed by atoms with van der Waals surface area (Å²) in [5.41, 5.74) is 2.13. The molecular weight excluding hydrogens is 214 g/mol. The maximum atomic E-state index is 9.36. The second-order valence-electron chi connectivity index (χ2n) is 5.01. The Labute approximate surface area is 100 Å². The number of fused-ring (bicyclic) bond motifs is 1. The average Bonchev–Trinajstić information content (AvgIpc) is 2.65. The number of aromatic nitrogens is 2. The SMILES string of the molecule is CC(C)(C)n1c(CO)nc2cc(C#N)ccc21. The van der Waals surface area contributed by atoms with Gasteiger partial charge in [-0.3, -0.25) is 0 Å². The highest BCUT2D eigenvalue weighted by molar-refractivity contribution is 5.78. The number of imidazole rings is 1. The van der Waals surface area contributed by atoms with E-state index in [1.165, 1.54) is 0 Å². The first-order valence-electron chi connectivity index (χ1n) is 5.50. The summed E-state index contributed by atoms with van der Waals surface area (Å²) < 4.78 is 2.00. The number of benzene rings is 1. The van der Waals surface area contributed by atoms with Crippen molar-refractivity contribution in [3.05, 3.63) is 29.6 Å². The normalized spacial score (nSPS) is 11.7. The van der Waals surface area contributed by atoms with Crippen molar-refractivity contribution in [3.63, 3.8) is 0 Å². The molecular formula is C13H15N3O. The lowest BCUT2D eigenvalue weighted by Gasteiger charge is -2.24. The van der Waals surface area contributed by atoms with Gasteiger partial charge >= 0.3 is 0 Å². The summed E-state index contributed by atoms with van der Waals surface area (Å²) in [6, 6.07) is 7.49. The molecule has 0 spiro atoms. The zero-order valence-corrected chi connectivity index (χ0v) is 10.2. The summed E-state index contributed by atoms with van der Waals surface area (Å²) in [5, 5.41) is 18.2. The second kappa shape index (κ2) is 3.86. The van der Waals surface area contributed by atoms with Crippen LogP contribution in [-0.2, 0) is 12.1 Å². The van der Waals surface area contributed by atoms with Gasteiger partial charge in [0.1, 0.15) is 12.4 Å². The zero-order chi connectivity index (χ0) is 12.6. The van der Waals surface area contributed by atoms with E-state index in [1.807, 2.05) is 10.6 Å². The minimum absolute atomic E-state index is 0.103. The summed E-state index contributed by atoms with van der Waals surface area (Å²) in [4.78, 5) is 4.37. The molecule has 0 saturated carbocycles. The van der Waals surface area contributed by atoms with Gasteiger partial charge in [0.25, 0.3) is 0 Å². The fourth-order valence-electron chi connectivity index (χ4n) is 2.05. The van der Waals surface area contributed by atoms with E-state index in [4.69, 9.17) is 5.26 Å². The van der Waals surface area contributed by atoms with Crippen molar-refractivity contribution in [2.24, 2.45) is 0 Å². The number of nitriles is 1. The van der Waals surface area contributed by atoms with E-state index in [9.17, 15) is 5.11 Å². The lowest BCUT2D eigenvalue weighted by Crippen LogP contribution is -2.24. The number of rotatable bonds is 1. The number of nitrogens with zero attached hydrogens (tertiary/aromatic N) is 3. The van der Waals surface area contributed by atoms with Gasteiger partial charge < -0.3 is 9.67 Å². The Morgan fingerprint density at radius 1 is 1.41 bits per heavy atom. The van der Waals surface area contributed by atoms with Crippen LogP contribution in [0.1, 0.15) is 32.2 Å². The van der Waals surface area contributed by atoms with Crippen molar-refractivity contribution >= 4 is 11.0 Å². The van der Waals surface area contributed by atoms with E-state index in [-0.39, 0.29) is 12.1 Å². The first-order valence-corrected chi connectivity index (χ1v) is 5.50. The molecule has 0 aliphatic carbocycles. The number of aliphatic hydroxyl groups is 1. The van der Waals surface area contributed by atoms with Crippen LogP contribution in [0, 0.1) is 11.3 Å². The minimum Gasteiger partial charge on any atom is -0.388 e. The highest BCUT2D eigenvalue weighted by Gasteiger charge is 2.20. The lowest BCUT2D eigenvalue weighted by molar-refractivity contribution is 0.252. The van der Waals surface area contributed by atoms with E-state index in [2.05, 4.69) is 31.8 Å². The number of hydrogen-bond donors (Lipinski definition) is 1. The van der Waals surface area contributed by atoms with Gasteiger partial charge in [-0.25, -0.2) is 4.98 Å². The molecule has 0 bridgehead atoms. The van der Waals surface area contributed by atoms with Crippen molar-refractivity contribution in [1.82, 2.24) is 9.55 Å². The summed E-state index contributed by atoms with van der Waals surface area (Å²) >= 11 is 0. The molecule has 0 atom stereocenters. The van der Waals surface area contributed by atoms with Gasteiger partial charge in [-0.05, 0) is 39.0 Å². The predicted molar refractivity (Wildman–Crippen MR) is 65.4 cm³/mol. The lowest BCUT2D eigenvalue weighted by atomic mass is 10.1. The molecule has 1 aromatic carbocycles. The number of aliphatic hydroxyl groups excluding tert-OH is 1. The Bertz CT molecular complexity index is 599. The van der Waals surface area contributed by atoms with E-state index in [0.717, 1.165) is 11.0 Å². The van der Waals surface area contributed by atoms with E-state index < -0.39 is 0 Å². The summed E-state index contributed by atoms with van der Waals surface area (Å²) in [6.07, 6.45) is 0. The van der Waals surface area contributed by atoms with Crippen LogP contribution in [0.2, 0.25) is 0 Å². The second-order valence-corrected chi connectivity index (χ2v) is 5.01. The Balaban J connectivity index is 2.78. The highest BCUT2D eigenvalue weighted by atomic mass is 16.3. The Kier molecular flexibility index (Phi) is 2.64. The largest absolute Gasteiger partial charge is 0.388 e. The first kappa shape index (κ1) is 11.6. The molecule has 2 aromatic rings. The Morgan fingerprint density at radius 2 is 2.12 bits per heavy atom. The van der Waals surface area contributed by atoms with Gasteiger partial charge in [0, 0.05) is 5.54 Å². The molecule has 1 N–H and O–H groups in total. The van der Waals surface area contributed by atoms with Crippen LogP contribution in [0.4, 0.5) is 0 Å². The summed E-state index contributed by atoms with van der Waals surface area (Å²) in [5.74, 6) is 0.627. The highest BCUT2D eigenvalue weighted by Crippen LogP contribution is 2.25. The smallest absolute Gasteiger partial charge is 0.136 e. The predicted octanol–water partition coefficient (Wildman–Crippen LogP) is 2.16. The van der Waals surface area contributed by atoms with Gasteiger partial charge in [-0.15, -0.1) is 0 Å². The van der Waals surface area contributed by atoms with Gasteiger partial charge in [0.05, 0.1) is 22.7 Å². The molecule has 4 nitrogen and oxygen atoms in total. The third-order valence-electron chi connectivity index (χ3n) is 2.67. The maximum Gasteiger partial charge on any atom is 0.136 e. The van der Waals surface area contributed by atoms with Gasteiger partial charge in [0.15, 0.2) is 0 Å². The molecule has 0 saturated heterocycles. The quantitative estimate of drug-likeness (QED) is 0.815. The van der Waals surface area contributed by atoms with Crippen LogP contribution in [0.3, 0.4) is 0 Å². The molecule has 1 heterocycles. The Morgan fingerprint density at radius 3 is 2.65 bits per heavy atom. The van der Waals surface area contributed by atoms with E-state index in [1.54, 1.807) is 12.1 Å². The monoisotopic (exact) mass is 229 g/mol. The van der Waals surface area contributed by atoms with Crippen molar-refractivity contribution in [2.45, 2.75) is 32.9 Å². The minimum atomic E-state index is -0.152. The Hall–Kier alpha value is -1.86. The topological polar surface area (TPSA) is 61.8 Å². The van der Waals surface area contributed by atoms with Crippen molar-refractivity contribution in [3.8, 4) is 6.07 Å². The van der Waals surface area contributed by atoms with Crippen molar-refractivity contribution in [2.75, 3.05) is 0 Å². The van der Waals surface area contributed by atoms with Gasteiger partial charge in [0.2, 0.25) is 0 Å². The van der Waals surface area contributed by atoms with Crippen LogP contribution in [-0.4, -0.2) is 14.7 Å².